The lowest BCUT2D eigenvalue weighted by Gasteiger charge is -2.44. The highest BCUT2D eigenvalue weighted by Crippen LogP contribution is 2.40. The molecule has 35 heavy (non-hydrogen) atoms. The largest absolute Gasteiger partial charge is 0.481 e. The van der Waals surface area contributed by atoms with Crippen molar-refractivity contribution in [3.8, 4) is 0 Å². The second-order valence-electron chi connectivity index (χ2n) is 9.15. The van der Waals surface area contributed by atoms with E-state index < -0.39 is 23.0 Å². The third-order valence-corrected chi connectivity index (χ3v) is 7.03. The Labute approximate surface area is 207 Å². The van der Waals surface area contributed by atoms with Gasteiger partial charge in [0.2, 0.25) is 0 Å². The Kier molecular flexibility index (Phi) is 7.37. The van der Waals surface area contributed by atoms with E-state index in [0.29, 0.717) is 49.6 Å². The quantitative estimate of drug-likeness (QED) is 0.377. The number of carbonyl (C=O) groups is 1. The molecule has 0 spiro atoms. The number of carboxylic acids is 1. The summed E-state index contributed by atoms with van der Waals surface area (Å²) in [6, 6.07) is 9.34. The Morgan fingerprint density at radius 3 is 2.80 bits per heavy atom. The molecule has 7 nitrogen and oxygen atoms in total. The zero-order chi connectivity index (χ0) is 25.2. The number of aromatic nitrogens is 3. The van der Waals surface area contributed by atoms with E-state index in [4.69, 9.17) is 11.6 Å². The van der Waals surface area contributed by atoms with Crippen molar-refractivity contribution in [3.05, 3.63) is 70.0 Å². The molecule has 0 unspecified atom stereocenters. The molecule has 186 valence electrons. The zero-order valence-corrected chi connectivity index (χ0v) is 20.4. The van der Waals surface area contributed by atoms with Crippen molar-refractivity contribution < 1.29 is 18.7 Å². The van der Waals surface area contributed by atoms with Crippen LogP contribution in [-0.2, 0) is 17.8 Å². The molecule has 1 aliphatic rings. The average Bonchev–Trinajstić information content (AvgIpc) is 3.24. The van der Waals surface area contributed by atoms with Crippen LogP contribution >= 0.6 is 11.6 Å². The van der Waals surface area contributed by atoms with Gasteiger partial charge in [-0.1, -0.05) is 30.7 Å². The van der Waals surface area contributed by atoms with Crippen LogP contribution in [0.4, 0.5) is 20.4 Å². The van der Waals surface area contributed by atoms with E-state index in [1.807, 2.05) is 13.8 Å². The van der Waals surface area contributed by atoms with Gasteiger partial charge in [-0.15, -0.1) is 0 Å². The Morgan fingerprint density at radius 1 is 1.31 bits per heavy atom. The summed E-state index contributed by atoms with van der Waals surface area (Å²) >= 11 is 5.93. The van der Waals surface area contributed by atoms with Gasteiger partial charge in [-0.2, -0.15) is 5.10 Å². The maximum absolute atomic E-state index is 14.8. The van der Waals surface area contributed by atoms with Crippen LogP contribution in [0.3, 0.4) is 0 Å². The third-order valence-electron chi connectivity index (χ3n) is 6.74. The van der Waals surface area contributed by atoms with Gasteiger partial charge in [0, 0.05) is 36.3 Å². The van der Waals surface area contributed by atoms with E-state index in [-0.39, 0.29) is 23.2 Å². The fourth-order valence-corrected chi connectivity index (χ4v) is 4.96. The number of aryl methyl sites for hydroxylation is 1. The van der Waals surface area contributed by atoms with Crippen molar-refractivity contribution in [1.82, 2.24) is 20.1 Å². The number of carboxylic acid groups (broad SMARTS) is 1. The molecule has 2 atom stereocenters. The summed E-state index contributed by atoms with van der Waals surface area (Å²) < 4.78 is 29.2. The highest BCUT2D eigenvalue weighted by molar-refractivity contribution is 6.30. The van der Waals surface area contributed by atoms with Gasteiger partial charge in [-0.05, 0) is 50.9 Å². The summed E-state index contributed by atoms with van der Waals surface area (Å²) in [7, 11) is 0. The summed E-state index contributed by atoms with van der Waals surface area (Å²) in [4.78, 5) is 19.0. The zero-order valence-electron chi connectivity index (χ0n) is 19.6. The number of likely N-dealkylation sites (tertiary alicyclic amines) is 1. The Bertz CT molecular complexity index is 1220. The first-order valence-electron chi connectivity index (χ1n) is 11.6. The molecule has 0 aliphatic carbocycles. The topological polar surface area (TPSA) is 94.1 Å². The molecular formula is C25H28ClF2N5O2. The second-order valence-corrected chi connectivity index (χ2v) is 9.56. The molecule has 10 heteroatoms. The molecule has 0 amide bonds. The molecular weight excluding hydrogens is 476 g/mol. The Balaban J connectivity index is 1.54. The van der Waals surface area contributed by atoms with Gasteiger partial charge in [0.05, 0.1) is 16.1 Å². The summed E-state index contributed by atoms with van der Waals surface area (Å²) in [5.41, 5.74) is 0.238. The van der Waals surface area contributed by atoms with Crippen LogP contribution in [0, 0.1) is 24.0 Å². The number of nitrogens with one attached hydrogen (secondary N) is 2. The standard InChI is InChI=1S/C25H28ClF2N5O2/c1-3-17-12-25(24(34)35,9-10-33(17)14-16-5-4-6-18(26)23(16)28)13-20-19(27)7-8-21(29-20)30-22-11-15(2)31-32-22/h4-8,11,17H,3,9-10,12-14H2,1-2H3,(H,34,35)(H2,29,30,31,32)/t17-,25-/m0/s1. The van der Waals surface area contributed by atoms with Gasteiger partial charge in [0.25, 0.3) is 0 Å². The fraction of sp³-hybridized carbons (Fsp3) is 0.400. The van der Waals surface area contributed by atoms with E-state index in [9.17, 15) is 18.7 Å². The van der Waals surface area contributed by atoms with Gasteiger partial charge in [0.15, 0.2) is 5.82 Å². The molecule has 0 saturated carbocycles. The number of pyridine rings is 1. The lowest BCUT2D eigenvalue weighted by molar-refractivity contribution is -0.154. The number of halogens is 3. The van der Waals surface area contributed by atoms with Gasteiger partial charge in [-0.3, -0.25) is 14.8 Å². The molecule has 2 aromatic heterocycles. The second kappa shape index (κ2) is 10.3. The van der Waals surface area contributed by atoms with Gasteiger partial charge in [0.1, 0.15) is 17.5 Å². The minimum absolute atomic E-state index is 0.0425. The minimum Gasteiger partial charge on any atom is -0.481 e. The molecule has 1 saturated heterocycles. The van der Waals surface area contributed by atoms with Crippen LogP contribution in [-0.4, -0.2) is 43.7 Å². The van der Waals surface area contributed by atoms with Crippen LogP contribution in [0.25, 0.3) is 0 Å². The minimum atomic E-state index is -1.18. The van der Waals surface area contributed by atoms with Crippen LogP contribution in [0.1, 0.15) is 43.1 Å². The molecule has 0 bridgehead atoms. The Hall–Kier alpha value is -3.04. The van der Waals surface area contributed by atoms with Crippen LogP contribution in [0.5, 0.6) is 0 Å². The summed E-state index contributed by atoms with van der Waals surface area (Å²) in [5.74, 6) is -1.07. The predicted octanol–water partition coefficient (Wildman–Crippen LogP) is 5.48. The van der Waals surface area contributed by atoms with Crippen molar-refractivity contribution in [1.29, 1.82) is 0 Å². The molecule has 0 radical (unpaired) electrons. The predicted molar refractivity (Wildman–Crippen MR) is 130 cm³/mol. The first kappa shape index (κ1) is 25.1. The number of rotatable bonds is 8. The molecule has 1 fully saturated rings. The van der Waals surface area contributed by atoms with Crippen molar-refractivity contribution in [2.45, 2.75) is 52.1 Å². The summed E-state index contributed by atoms with van der Waals surface area (Å²) in [6.07, 6.45) is 1.23. The van der Waals surface area contributed by atoms with Crippen LogP contribution < -0.4 is 5.32 Å². The number of aromatic amines is 1. The van der Waals surface area contributed by atoms with Gasteiger partial charge >= 0.3 is 5.97 Å². The van der Waals surface area contributed by atoms with Crippen LogP contribution in [0.15, 0.2) is 36.4 Å². The normalized spacial score (nSPS) is 20.7. The van der Waals surface area contributed by atoms with Crippen molar-refractivity contribution in [2.24, 2.45) is 5.41 Å². The van der Waals surface area contributed by atoms with E-state index >= 15 is 0 Å². The number of piperidine rings is 1. The monoisotopic (exact) mass is 503 g/mol. The molecule has 1 aromatic carbocycles. The number of aliphatic carboxylic acids is 1. The van der Waals surface area contributed by atoms with Gasteiger partial charge in [-0.25, -0.2) is 13.8 Å². The number of hydrogen-bond acceptors (Lipinski definition) is 5. The molecule has 3 aromatic rings. The maximum atomic E-state index is 14.8. The third kappa shape index (κ3) is 5.46. The lowest BCUT2D eigenvalue weighted by Crippen LogP contribution is -2.50. The maximum Gasteiger partial charge on any atom is 0.310 e. The smallest absolute Gasteiger partial charge is 0.310 e. The van der Waals surface area contributed by atoms with E-state index in [0.717, 1.165) is 5.69 Å². The van der Waals surface area contributed by atoms with E-state index in [1.54, 1.807) is 18.2 Å². The first-order valence-corrected chi connectivity index (χ1v) is 11.9. The molecule has 4 rings (SSSR count). The number of hydrogen-bond donors (Lipinski definition) is 3. The molecule has 1 aliphatic heterocycles. The number of benzene rings is 1. The van der Waals surface area contributed by atoms with Crippen molar-refractivity contribution in [2.75, 3.05) is 11.9 Å². The molecule has 3 N–H and O–H groups in total. The highest BCUT2D eigenvalue weighted by Gasteiger charge is 2.46. The number of nitrogens with zero attached hydrogens (tertiary/aromatic N) is 3. The lowest BCUT2D eigenvalue weighted by atomic mass is 9.71. The van der Waals surface area contributed by atoms with Crippen molar-refractivity contribution in [3.63, 3.8) is 0 Å². The van der Waals surface area contributed by atoms with E-state index in [2.05, 4.69) is 25.4 Å². The van der Waals surface area contributed by atoms with Gasteiger partial charge < -0.3 is 10.4 Å². The van der Waals surface area contributed by atoms with Crippen molar-refractivity contribution >= 4 is 29.2 Å². The number of H-pyrrole nitrogens is 1. The van der Waals surface area contributed by atoms with E-state index in [1.165, 1.54) is 18.2 Å². The highest BCUT2D eigenvalue weighted by atomic mass is 35.5. The van der Waals surface area contributed by atoms with Crippen LogP contribution in [0.2, 0.25) is 5.02 Å². The summed E-state index contributed by atoms with van der Waals surface area (Å²) in [5, 5.41) is 20.2. The average molecular weight is 504 g/mol. The fourth-order valence-electron chi connectivity index (χ4n) is 4.76. The molecule has 3 heterocycles. The first-order chi connectivity index (χ1) is 16.7. The number of anilines is 2. The summed E-state index contributed by atoms with van der Waals surface area (Å²) in [6.45, 7) is 4.59. The SMILES string of the molecule is CC[C@H]1C[C@@](Cc2nc(Nc3cc(C)[nH]n3)ccc2F)(C(=O)O)CCN1Cc1cccc(Cl)c1F. The Morgan fingerprint density at radius 2 is 2.11 bits per heavy atom.